The van der Waals surface area contributed by atoms with Gasteiger partial charge in [-0.3, -0.25) is 9.69 Å². The smallest absolute Gasteiger partial charge is 0.253 e. The van der Waals surface area contributed by atoms with E-state index in [4.69, 9.17) is 21.7 Å². The molecule has 158 valence electrons. The summed E-state index contributed by atoms with van der Waals surface area (Å²) in [5, 5.41) is 4.91. The number of hydrogen-bond donors (Lipinski definition) is 2. The summed E-state index contributed by atoms with van der Waals surface area (Å²) in [5.74, 6) is 0. The molecule has 0 unspecified atom stereocenters. The van der Waals surface area contributed by atoms with E-state index in [1.807, 2.05) is 31.2 Å². The fourth-order valence-electron chi connectivity index (χ4n) is 3.46. The van der Waals surface area contributed by atoms with Crippen LogP contribution in [0.3, 0.4) is 0 Å². The molecule has 0 amide bonds. The Morgan fingerprint density at radius 2 is 2.17 bits per heavy atom. The number of aromatic nitrogens is 1. The molecule has 0 bridgehead atoms. The highest BCUT2D eigenvalue weighted by atomic mass is 32.1. The molecule has 1 aliphatic heterocycles. The SMILES string of the molecule is COCCNC(=S)N(CCN1CCOCC1)Cc1cc2cccc(C)c2[nH]c1=O. The van der Waals surface area contributed by atoms with Crippen molar-refractivity contribution >= 4 is 28.2 Å². The van der Waals surface area contributed by atoms with Crippen molar-refractivity contribution in [2.75, 3.05) is 59.7 Å². The number of para-hydroxylation sites is 1. The molecule has 8 heteroatoms. The average molecular weight is 419 g/mol. The van der Waals surface area contributed by atoms with Gasteiger partial charge in [0.15, 0.2) is 5.11 Å². The van der Waals surface area contributed by atoms with Crippen molar-refractivity contribution in [3.8, 4) is 0 Å². The van der Waals surface area contributed by atoms with E-state index >= 15 is 0 Å². The molecule has 0 aliphatic carbocycles. The number of fused-ring (bicyclic) bond motifs is 1. The van der Waals surface area contributed by atoms with E-state index < -0.39 is 0 Å². The molecule has 0 atom stereocenters. The number of rotatable bonds is 8. The number of aryl methyl sites for hydroxylation is 1. The maximum Gasteiger partial charge on any atom is 0.253 e. The first kappa shape index (κ1) is 21.7. The zero-order chi connectivity index (χ0) is 20.6. The summed E-state index contributed by atoms with van der Waals surface area (Å²) in [6.45, 7) is 8.67. The topological polar surface area (TPSA) is 69.8 Å². The Balaban J connectivity index is 1.75. The Morgan fingerprint density at radius 3 is 2.93 bits per heavy atom. The van der Waals surface area contributed by atoms with Crippen LogP contribution < -0.4 is 10.9 Å². The van der Waals surface area contributed by atoms with Crippen molar-refractivity contribution in [2.24, 2.45) is 0 Å². The number of H-pyrrole nitrogens is 1. The first-order chi connectivity index (χ1) is 14.1. The van der Waals surface area contributed by atoms with Crippen LogP contribution in [0.25, 0.3) is 10.9 Å². The van der Waals surface area contributed by atoms with Crippen LogP contribution in [0.2, 0.25) is 0 Å². The van der Waals surface area contributed by atoms with Gasteiger partial charge in [-0.2, -0.15) is 0 Å². The quantitative estimate of drug-likeness (QED) is 0.497. The van der Waals surface area contributed by atoms with E-state index in [-0.39, 0.29) is 5.56 Å². The molecule has 0 saturated carbocycles. The summed E-state index contributed by atoms with van der Waals surface area (Å²) < 4.78 is 10.5. The third kappa shape index (κ3) is 5.99. The number of benzene rings is 1. The summed E-state index contributed by atoms with van der Waals surface area (Å²) in [5.41, 5.74) is 2.60. The minimum Gasteiger partial charge on any atom is -0.383 e. The summed E-state index contributed by atoms with van der Waals surface area (Å²) in [7, 11) is 1.66. The van der Waals surface area contributed by atoms with Crippen LogP contribution in [-0.2, 0) is 16.0 Å². The van der Waals surface area contributed by atoms with Crippen LogP contribution in [0, 0.1) is 6.92 Å². The molecule has 0 radical (unpaired) electrons. The molecule has 3 rings (SSSR count). The second-order valence-electron chi connectivity index (χ2n) is 7.26. The second-order valence-corrected chi connectivity index (χ2v) is 7.65. The Bertz CT molecular complexity index is 880. The summed E-state index contributed by atoms with van der Waals surface area (Å²) in [4.78, 5) is 20.2. The molecule has 2 aromatic rings. The summed E-state index contributed by atoms with van der Waals surface area (Å²) in [6.07, 6.45) is 0. The van der Waals surface area contributed by atoms with Crippen LogP contribution in [0.5, 0.6) is 0 Å². The maximum absolute atomic E-state index is 12.7. The van der Waals surface area contributed by atoms with Crippen molar-refractivity contribution in [3.63, 3.8) is 0 Å². The predicted octanol–water partition coefficient (Wildman–Crippen LogP) is 1.49. The standard InChI is InChI=1S/C21H30N4O3S/c1-16-4-3-5-17-14-18(20(26)23-19(16)17)15-25(21(29)22-6-11-27-2)8-7-24-9-12-28-13-10-24/h3-5,14H,6-13,15H2,1-2H3,(H,22,29)(H,23,26). The van der Waals surface area contributed by atoms with E-state index in [9.17, 15) is 4.79 Å². The number of hydrogen-bond acceptors (Lipinski definition) is 5. The van der Waals surface area contributed by atoms with Crippen molar-refractivity contribution < 1.29 is 9.47 Å². The van der Waals surface area contributed by atoms with Crippen molar-refractivity contribution in [1.29, 1.82) is 0 Å². The van der Waals surface area contributed by atoms with Gasteiger partial charge in [0, 0.05) is 45.4 Å². The van der Waals surface area contributed by atoms with E-state index in [0.717, 1.165) is 55.9 Å². The van der Waals surface area contributed by atoms with Gasteiger partial charge in [0.05, 0.1) is 31.9 Å². The van der Waals surface area contributed by atoms with Gasteiger partial charge in [-0.15, -0.1) is 0 Å². The van der Waals surface area contributed by atoms with E-state index in [0.29, 0.717) is 30.4 Å². The lowest BCUT2D eigenvalue weighted by molar-refractivity contribution is 0.0357. The largest absolute Gasteiger partial charge is 0.383 e. The maximum atomic E-state index is 12.7. The van der Waals surface area contributed by atoms with Crippen LogP contribution >= 0.6 is 12.2 Å². The molecule has 1 aromatic heterocycles. The van der Waals surface area contributed by atoms with Gasteiger partial charge >= 0.3 is 0 Å². The van der Waals surface area contributed by atoms with Crippen molar-refractivity contribution in [3.05, 3.63) is 45.7 Å². The lowest BCUT2D eigenvalue weighted by Gasteiger charge is -2.31. The number of aromatic amines is 1. The second kappa shape index (κ2) is 10.7. The molecular formula is C21H30N4O3S. The monoisotopic (exact) mass is 418 g/mol. The van der Waals surface area contributed by atoms with Gasteiger partial charge in [0.25, 0.3) is 5.56 Å². The van der Waals surface area contributed by atoms with Crippen LogP contribution in [0.15, 0.2) is 29.1 Å². The first-order valence-electron chi connectivity index (χ1n) is 10.0. The Kier molecular flexibility index (Phi) is 8.00. The molecule has 7 nitrogen and oxygen atoms in total. The number of pyridine rings is 1. The minimum atomic E-state index is -0.0668. The minimum absolute atomic E-state index is 0.0668. The normalized spacial score (nSPS) is 14.8. The van der Waals surface area contributed by atoms with E-state index in [1.54, 1.807) is 7.11 Å². The molecule has 0 spiro atoms. The highest BCUT2D eigenvalue weighted by Gasteiger charge is 2.16. The third-order valence-electron chi connectivity index (χ3n) is 5.19. The van der Waals surface area contributed by atoms with Gasteiger partial charge in [0.1, 0.15) is 0 Å². The highest BCUT2D eigenvalue weighted by Crippen LogP contribution is 2.16. The number of nitrogens with zero attached hydrogens (tertiary/aromatic N) is 2. The Labute approximate surface area is 177 Å². The lowest BCUT2D eigenvalue weighted by Crippen LogP contribution is -2.46. The van der Waals surface area contributed by atoms with Gasteiger partial charge in [-0.1, -0.05) is 18.2 Å². The third-order valence-corrected chi connectivity index (χ3v) is 5.59. The number of morpholine rings is 1. The predicted molar refractivity (Wildman–Crippen MR) is 119 cm³/mol. The van der Waals surface area contributed by atoms with Gasteiger partial charge < -0.3 is 24.7 Å². The first-order valence-corrected chi connectivity index (χ1v) is 10.4. The molecule has 2 N–H and O–H groups in total. The summed E-state index contributed by atoms with van der Waals surface area (Å²) in [6, 6.07) is 8.00. The van der Waals surface area contributed by atoms with E-state index in [2.05, 4.69) is 20.1 Å². The molecule has 2 heterocycles. The number of nitrogens with one attached hydrogen (secondary N) is 2. The molecule has 29 heavy (non-hydrogen) atoms. The van der Waals surface area contributed by atoms with Crippen molar-refractivity contribution in [1.82, 2.24) is 20.1 Å². The van der Waals surface area contributed by atoms with E-state index in [1.165, 1.54) is 0 Å². The van der Waals surface area contributed by atoms with Gasteiger partial charge in [0.2, 0.25) is 0 Å². The molecule has 1 fully saturated rings. The lowest BCUT2D eigenvalue weighted by atomic mass is 10.1. The van der Waals surface area contributed by atoms with Crippen LogP contribution in [0.1, 0.15) is 11.1 Å². The molecule has 1 aliphatic rings. The molecule has 1 aromatic carbocycles. The van der Waals surface area contributed by atoms with Crippen LogP contribution in [0.4, 0.5) is 0 Å². The summed E-state index contributed by atoms with van der Waals surface area (Å²) >= 11 is 5.62. The van der Waals surface area contributed by atoms with Gasteiger partial charge in [-0.05, 0) is 36.2 Å². The Hall–Kier alpha value is -2.00. The fourth-order valence-corrected chi connectivity index (χ4v) is 3.72. The zero-order valence-corrected chi connectivity index (χ0v) is 18.0. The number of thiocarbonyl (C=S) groups is 1. The number of methoxy groups -OCH3 is 1. The zero-order valence-electron chi connectivity index (χ0n) is 17.2. The molecular weight excluding hydrogens is 388 g/mol. The average Bonchev–Trinajstić information content (AvgIpc) is 2.73. The fraction of sp³-hybridized carbons (Fsp3) is 0.524. The van der Waals surface area contributed by atoms with Crippen molar-refractivity contribution in [2.45, 2.75) is 13.5 Å². The Morgan fingerprint density at radius 1 is 1.38 bits per heavy atom. The molecule has 1 saturated heterocycles. The highest BCUT2D eigenvalue weighted by molar-refractivity contribution is 7.80. The number of ether oxygens (including phenoxy) is 2. The van der Waals surface area contributed by atoms with Gasteiger partial charge in [-0.25, -0.2) is 0 Å². The van der Waals surface area contributed by atoms with Crippen LogP contribution in [-0.4, -0.2) is 79.6 Å².